The first-order valence-electron chi connectivity index (χ1n) is 6.87. The van der Waals surface area contributed by atoms with Gasteiger partial charge >= 0.3 is 0 Å². The normalized spacial score (nSPS) is 16.3. The Morgan fingerprint density at radius 2 is 1.95 bits per heavy atom. The van der Waals surface area contributed by atoms with E-state index in [1.165, 1.54) is 0 Å². The lowest BCUT2D eigenvalue weighted by Crippen LogP contribution is -2.46. The second-order valence-corrected chi connectivity index (χ2v) is 4.26. The van der Waals surface area contributed by atoms with Crippen LogP contribution in [0.2, 0.25) is 0 Å². The lowest BCUT2D eigenvalue weighted by molar-refractivity contribution is -0.127. The van der Waals surface area contributed by atoms with Crippen molar-refractivity contribution in [1.82, 2.24) is 19.6 Å². The van der Waals surface area contributed by atoms with Crippen LogP contribution in [0.4, 0.5) is 0 Å². The summed E-state index contributed by atoms with van der Waals surface area (Å²) in [5, 5.41) is 4.07. The summed E-state index contributed by atoms with van der Waals surface area (Å²) in [6.45, 7) is 8.20. The Labute approximate surface area is 115 Å². The number of carbonyl (C=O) groups excluding carboxylic acids is 1. The average molecular weight is 264 g/mol. The molecule has 106 valence electrons. The molecular weight excluding hydrogens is 240 g/mol. The molecule has 0 saturated carbocycles. The van der Waals surface area contributed by atoms with E-state index in [1.54, 1.807) is 17.0 Å². The molecular formula is C14H24N4O. The molecule has 5 nitrogen and oxygen atoms in total. The Morgan fingerprint density at radius 3 is 2.53 bits per heavy atom. The van der Waals surface area contributed by atoms with Gasteiger partial charge in [-0.1, -0.05) is 19.9 Å². The summed E-state index contributed by atoms with van der Waals surface area (Å²) < 4.78 is 1.79. The first kappa shape index (κ1) is 15.4. The third-order valence-electron chi connectivity index (χ3n) is 2.93. The van der Waals surface area contributed by atoms with Gasteiger partial charge in [0.25, 0.3) is 0 Å². The molecule has 0 aliphatic carbocycles. The monoisotopic (exact) mass is 264 g/mol. The number of carbonyl (C=O) groups is 1. The molecule has 0 N–H and O–H groups in total. The highest BCUT2D eigenvalue weighted by molar-refractivity contribution is 5.87. The van der Waals surface area contributed by atoms with Crippen molar-refractivity contribution in [3.8, 4) is 0 Å². The zero-order chi connectivity index (χ0) is 14.1. The van der Waals surface area contributed by atoms with E-state index in [4.69, 9.17) is 0 Å². The van der Waals surface area contributed by atoms with Crippen LogP contribution < -0.4 is 0 Å². The van der Waals surface area contributed by atoms with Gasteiger partial charge in [-0.3, -0.25) is 9.48 Å². The molecule has 1 aliphatic heterocycles. The molecule has 1 fully saturated rings. The third kappa shape index (κ3) is 5.26. The Morgan fingerprint density at radius 1 is 1.26 bits per heavy atom. The minimum atomic E-state index is 0.102. The van der Waals surface area contributed by atoms with Gasteiger partial charge in [0.15, 0.2) is 0 Å². The van der Waals surface area contributed by atoms with E-state index in [0.29, 0.717) is 6.54 Å². The zero-order valence-electron chi connectivity index (χ0n) is 12.1. The van der Waals surface area contributed by atoms with Crippen molar-refractivity contribution >= 4 is 5.91 Å². The summed E-state index contributed by atoms with van der Waals surface area (Å²) in [5.74, 6) is 0.102. The van der Waals surface area contributed by atoms with Crippen molar-refractivity contribution in [2.75, 3.05) is 33.2 Å². The SMILES string of the molecule is CC.CN1CCN(C(=O)/C=C/Cn2cccn2)CC1. The lowest BCUT2D eigenvalue weighted by atomic mass is 10.3. The summed E-state index contributed by atoms with van der Waals surface area (Å²) in [4.78, 5) is 15.9. The van der Waals surface area contributed by atoms with Crippen LogP contribution in [0, 0.1) is 0 Å². The van der Waals surface area contributed by atoms with E-state index in [0.717, 1.165) is 26.2 Å². The van der Waals surface area contributed by atoms with Crippen LogP contribution in [0.5, 0.6) is 0 Å². The van der Waals surface area contributed by atoms with Crippen LogP contribution in [0.15, 0.2) is 30.6 Å². The van der Waals surface area contributed by atoms with Crippen LogP contribution >= 0.6 is 0 Å². The first-order chi connectivity index (χ1) is 9.25. The van der Waals surface area contributed by atoms with Gasteiger partial charge in [-0.25, -0.2) is 0 Å². The molecule has 1 aromatic rings. The number of likely N-dealkylation sites (N-methyl/N-ethyl adjacent to an activating group) is 1. The van der Waals surface area contributed by atoms with E-state index in [-0.39, 0.29) is 5.91 Å². The molecule has 0 atom stereocenters. The fourth-order valence-corrected chi connectivity index (χ4v) is 1.80. The molecule has 0 unspecified atom stereocenters. The summed E-state index contributed by atoms with van der Waals surface area (Å²) in [6.07, 6.45) is 7.11. The second-order valence-electron chi connectivity index (χ2n) is 4.26. The second kappa shape index (κ2) is 8.48. The van der Waals surface area contributed by atoms with Gasteiger partial charge in [-0.2, -0.15) is 5.10 Å². The van der Waals surface area contributed by atoms with E-state index in [1.807, 2.05) is 37.1 Å². The van der Waals surface area contributed by atoms with Crippen LogP contribution in [0.25, 0.3) is 0 Å². The number of hydrogen-bond acceptors (Lipinski definition) is 3. The fourth-order valence-electron chi connectivity index (χ4n) is 1.80. The number of allylic oxidation sites excluding steroid dienone is 1. The minimum absolute atomic E-state index is 0.102. The standard InChI is InChI=1S/C12H18N4O.C2H6/c1-14-8-10-15(11-9-14)12(17)4-2-6-16-7-3-5-13-16;1-2/h2-5,7H,6,8-11H2,1H3;1-2H3/b4-2+;. The fraction of sp³-hybridized carbons (Fsp3) is 0.571. The maximum atomic E-state index is 11.8. The molecule has 1 amide bonds. The highest BCUT2D eigenvalue weighted by Crippen LogP contribution is 2.00. The van der Waals surface area contributed by atoms with Gasteiger partial charge in [-0.05, 0) is 13.1 Å². The Bertz CT molecular complexity index is 378. The predicted octanol–water partition coefficient (Wildman–Crippen LogP) is 1.24. The summed E-state index contributed by atoms with van der Waals surface area (Å²) >= 11 is 0. The zero-order valence-corrected chi connectivity index (χ0v) is 12.1. The number of nitrogens with zero attached hydrogens (tertiary/aromatic N) is 4. The lowest BCUT2D eigenvalue weighted by Gasteiger charge is -2.31. The quantitative estimate of drug-likeness (QED) is 0.771. The third-order valence-corrected chi connectivity index (χ3v) is 2.93. The highest BCUT2D eigenvalue weighted by atomic mass is 16.2. The van der Waals surface area contributed by atoms with Crippen molar-refractivity contribution in [1.29, 1.82) is 0 Å². The van der Waals surface area contributed by atoms with Crippen LogP contribution in [0.1, 0.15) is 13.8 Å². The van der Waals surface area contributed by atoms with E-state index < -0.39 is 0 Å². The molecule has 5 heteroatoms. The van der Waals surface area contributed by atoms with Gasteiger partial charge in [0.2, 0.25) is 5.91 Å². The topological polar surface area (TPSA) is 41.4 Å². The number of rotatable bonds is 3. The van der Waals surface area contributed by atoms with Crippen molar-refractivity contribution in [3.05, 3.63) is 30.6 Å². The smallest absolute Gasteiger partial charge is 0.246 e. The minimum Gasteiger partial charge on any atom is -0.337 e. The largest absolute Gasteiger partial charge is 0.337 e. The molecule has 1 aliphatic rings. The van der Waals surface area contributed by atoms with Crippen molar-refractivity contribution in [2.45, 2.75) is 20.4 Å². The van der Waals surface area contributed by atoms with Gasteiger partial charge < -0.3 is 9.80 Å². The number of amides is 1. The summed E-state index contributed by atoms with van der Waals surface area (Å²) in [7, 11) is 2.08. The molecule has 0 bridgehead atoms. The molecule has 2 heterocycles. The van der Waals surface area contributed by atoms with Crippen molar-refractivity contribution < 1.29 is 4.79 Å². The molecule has 0 radical (unpaired) electrons. The average Bonchev–Trinajstić information content (AvgIpc) is 2.95. The number of piperazine rings is 1. The summed E-state index contributed by atoms with van der Waals surface area (Å²) in [5.41, 5.74) is 0. The van der Waals surface area contributed by atoms with Gasteiger partial charge in [0, 0.05) is 44.6 Å². The van der Waals surface area contributed by atoms with Crippen molar-refractivity contribution in [2.24, 2.45) is 0 Å². The van der Waals surface area contributed by atoms with Gasteiger partial charge in [0.05, 0.1) is 6.54 Å². The first-order valence-corrected chi connectivity index (χ1v) is 6.87. The van der Waals surface area contributed by atoms with Crippen LogP contribution in [-0.2, 0) is 11.3 Å². The molecule has 2 rings (SSSR count). The number of aromatic nitrogens is 2. The Balaban J connectivity index is 0.000000861. The van der Waals surface area contributed by atoms with Gasteiger partial charge in [-0.15, -0.1) is 0 Å². The van der Waals surface area contributed by atoms with E-state index in [2.05, 4.69) is 17.0 Å². The van der Waals surface area contributed by atoms with Crippen molar-refractivity contribution in [3.63, 3.8) is 0 Å². The molecule has 0 spiro atoms. The van der Waals surface area contributed by atoms with E-state index in [9.17, 15) is 4.79 Å². The molecule has 1 saturated heterocycles. The van der Waals surface area contributed by atoms with E-state index >= 15 is 0 Å². The maximum Gasteiger partial charge on any atom is 0.246 e. The predicted molar refractivity (Wildman–Crippen MR) is 76.8 cm³/mol. The molecule has 0 aromatic carbocycles. The van der Waals surface area contributed by atoms with Gasteiger partial charge in [0.1, 0.15) is 0 Å². The summed E-state index contributed by atoms with van der Waals surface area (Å²) in [6, 6.07) is 1.87. The Hall–Kier alpha value is -1.62. The van der Waals surface area contributed by atoms with Crippen LogP contribution in [0.3, 0.4) is 0 Å². The van der Waals surface area contributed by atoms with Crippen LogP contribution in [-0.4, -0.2) is 58.7 Å². The molecule has 19 heavy (non-hydrogen) atoms. The maximum absolute atomic E-state index is 11.8. The Kier molecular flexibility index (Phi) is 6.89. The highest BCUT2D eigenvalue weighted by Gasteiger charge is 2.16. The molecule has 1 aromatic heterocycles. The number of hydrogen-bond donors (Lipinski definition) is 0.